The normalized spacial score (nSPS) is 17.7. The lowest BCUT2D eigenvalue weighted by molar-refractivity contribution is -0.117. The molecule has 0 bridgehead atoms. The highest BCUT2D eigenvalue weighted by molar-refractivity contribution is 5.96. The first-order valence-electron chi connectivity index (χ1n) is 6.22. The Morgan fingerprint density at radius 1 is 1.24 bits per heavy atom. The maximum absolute atomic E-state index is 11.6. The molecule has 0 amide bonds. The van der Waals surface area contributed by atoms with Crippen LogP contribution >= 0.6 is 0 Å². The van der Waals surface area contributed by atoms with Crippen LogP contribution in [-0.4, -0.2) is 17.0 Å². The van der Waals surface area contributed by atoms with Gasteiger partial charge in [0.15, 0.2) is 5.78 Å². The van der Waals surface area contributed by atoms with Crippen molar-refractivity contribution in [3.63, 3.8) is 0 Å². The molecule has 0 radical (unpaired) electrons. The third-order valence-electron chi connectivity index (χ3n) is 3.20. The summed E-state index contributed by atoms with van der Waals surface area (Å²) in [5.74, 6) is 0.122. The molecule has 1 aliphatic rings. The van der Waals surface area contributed by atoms with Crippen LogP contribution in [0.5, 0.6) is 0 Å². The molecule has 0 heterocycles. The Kier molecular flexibility index (Phi) is 4.10. The number of carbonyl (C=O) groups excluding carboxylic acids is 1. The Morgan fingerprint density at radius 3 is 2.71 bits per heavy atom. The second kappa shape index (κ2) is 5.78. The number of hydrogen-bond acceptors (Lipinski definition) is 2. The van der Waals surface area contributed by atoms with E-state index in [0.29, 0.717) is 18.4 Å². The number of aliphatic hydroxyl groups excluding tert-OH is 1. The largest absolute Gasteiger partial charge is 0.388 e. The Labute approximate surface area is 102 Å². The standard InChI is InChI=1S/C15H18O2/c16-14-9-5-4-8-13(14)15(17)11-10-12-6-2-1-3-7-12/h1-3,6-8,15,17H,4-5,9-11H2. The number of aryl methyl sites for hydroxylation is 1. The number of Topliss-reactive ketones (excluding diaryl/α,β-unsaturated/α-hetero) is 1. The van der Waals surface area contributed by atoms with Crippen molar-refractivity contribution in [2.75, 3.05) is 0 Å². The van der Waals surface area contributed by atoms with Gasteiger partial charge in [0.1, 0.15) is 0 Å². The lowest BCUT2D eigenvalue weighted by atomic mass is 9.91. The van der Waals surface area contributed by atoms with Gasteiger partial charge < -0.3 is 5.11 Å². The number of aliphatic hydroxyl groups is 1. The van der Waals surface area contributed by atoms with Crippen molar-refractivity contribution in [1.82, 2.24) is 0 Å². The molecule has 2 heteroatoms. The zero-order valence-corrected chi connectivity index (χ0v) is 9.93. The van der Waals surface area contributed by atoms with Crippen molar-refractivity contribution in [2.24, 2.45) is 0 Å². The third kappa shape index (κ3) is 3.27. The molecule has 0 saturated heterocycles. The number of benzene rings is 1. The van der Waals surface area contributed by atoms with E-state index in [9.17, 15) is 9.90 Å². The molecular weight excluding hydrogens is 212 g/mol. The van der Waals surface area contributed by atoms with Crippen molar-refractivity contribution in [3.8, 4) is 0 Å². The Balaban J connectivity index is 1.91. The van der Waals surface area contributed by atoms with Gasteiger partial charge in [0.05, 0.1) is 6.10 Å². The summed E-state index contributed by atoms with van der Waals surface area (Å²) in [4.78, 5) is 11.6. The summed E-state index contributed by atoms with van der Waals surface area (Å²) in [6, 6.07) is 10.1. The third-order valence-corrected chi connectivity index (χ3v) is 3.20. The Hall–Kier alpha value is -1.41. The van der Waals surface area contributed by atoms with E-state index in [1.54, 1.807) is 0 Å². The van der Waals surface area contributed by atoms with Crippen LogP contribution in [0.25, 0.3) is 0 Å². The van der Waals surface area contributed by atoms with E-state index < -0.39 is 6.10 Å². The van der Waals surface area contributed by atoms with Crippen LogP contribution < -0.4 is 0 Å². The molecule has 90 valence electrons. The summed E-state index contributed by atoms with van der Waals surface area (Å²) in [5, 5.41) is 10.0. The number of carbonyl (C=O) groups is 1. The summed E-state index contributed by atoms with van der Waals surface area (Å²) < 4.78 is 0. The quantitative estimate of drug-likeness (QED) is 0.863. The minimum absolute atomic E-state index is 0.122. The molecule has 1 atom stereocenters. The average Bonchev–Trinajstić information content (AvgIpc) is 2.38. The van der Waals surface area contributed by atoms with Gasteiger partial charge in [0.25, 0.3) is 0 Å². The van der Waals surface area contributed by atoms with E-state index in [-0.39, 0.29) is 5.78 Å². The molecule has 2 nitrogen and oxygen atoms in total. The van der Waals surface area contributed by atoms with Gasteiger partial charge in [0.2, 0.25) is 0 Å². The van der Waals surface area contributed by atoms with Crippen LogP contribution in [0.2, 0.25) is 0 Å². The van der Waals surface area contributed by atoms with Crippen molar-refractivity contribution >= 4 is 5.78 Å². The van der Waals surface area contributed by atoms with Crippen LogP contribution in [0.4, 0.5) is 0 Å². The van der Waals surface area contributed by atoms with E-state index in [1.165, 1.54) is 5.56 Å². The molecule has 1 aromatic rings. The Morgan fingerprint density at radius 2 is 2.00 bits per heavy atom. The summed E-state index contributed by atoms with van der Waals surface area (Å²) in [6.45, 7) is 0. The van der Waals surface area contributed by atoms with E-state index in [1.807, 2.05) is 36.4 Å². The number of ketones is 1. The first kappa shape index (κ1) is 12.1. The van der Waals surface area contributed by atoms with Crippen LogP contribution in [0, 0.1) is 0 Å². The first-order chi connectivity index (χ1) is 8.27. The second-order valence-electron chi connectivity index (χ2n) is 4.51. The molecule has 1 aliphatic carbocycles. The molecule has 0 spiro atoms. The molecule has 0 saturated carbocycles. The summed E-state index contributed by atoms with van der Waals surface area (Å²) in [7, 11) is 0. The smallest absolute Gasteiger partial charge is 0.161 e. The van der Waals surface area contributed by atoms with Gasteiger partial charge in [-0.1, -0.05) is 36.4 Å². The molecule has 2 rings (SSSR count). The molecule has 17 heavy (non-hydrogen) atoms. The highest BCUT2D eigenvalue weighted by Gasteiger charge is 2.20. The maximum atomic E-state index is 11.6. The van der Waals surface area contributed by atoms with Gasteiger partial charge in [-0.15, -0.1) is 0 Å². The van der Waals surface area contributed by atoms with Gasteiger partial charge in [0, 0.05) is 12.0 Å². The summed E-state index contributed by atoms with van der Waals surface area (Å²) in [5.41, 5.74) is 1.84. The van der Waals surface area contributed by atoms with Crippen molar-refractivity contribution in [2.45, 2.75) is 38.2 Å². The van der Waals surface area contributed by atoms with Crippen molar-refractivity contribution in [3.05, 3.63) is 47.5 Å². The zero-order chi connectivity index (χ0) is 12.1. The van der Waals surface area contributed by atoms with Gasteiger partial charge in [-0.3, -0.25) is 4.79 Å². The van der Waals surface area contributed by atoms with Crippen LogP contribution in [-0.2, 0) is 11.2 Å². The highest BCUT2D eigenvalue weighted by Crippen LogP contribution is 2.20. The van der Waals surface area contributed by atoms with Crippen LogP contribution in [0.1, 0.15) is 31.2 Å². The maximum Gasteiger partial charge on any atom is 0.161 e. The monoisotopic (exact) mass is 230 g/mol. The van der Waals surface area contributed by atoms with Gasteiger partial charge in [-0.2, -0.15) is 0 Å². The van der Waals surface area contributed by atoms with Crippen LogP contribution in [0.3, 0.4) is 0 Å². The number of hydrogen-bond donors (Lipinski definition) is 1. The lowest BCUT2D eigenvalue weighted by Crippen LogP contribution is -2.21. The molecule has 0 aliphatic heterocycles. The fraction of sp³-hybridized carbons (Fsp3) is 0.400. The number of rotatable bonds is 4. The van der Waals surface area contributed by atoms with E-state index >= 15 is 0 Å². The van der Waals surface area contributed by atoms with E-state index in [0.717, 1.165) is 19.3 Å². The summed E-state index contributed by atoms with van der Waals surface area (Å²) in [6.07, 6.45) is 5.18. The predicted molar refractivity (Wildman–Crippen MR) is 67.7 cm³/mol. The molecular formula is C15H18O2. The molecule has 1 aromatic carbocycles. The minimum atomic E-state index is -0.594. The van der Waals surface area contributed by atoms with Crippen molar-refractivity contribution < 1.29 is 9.90 Å². The van der Waals surface area contributed by atoms with Crippen molar-refractivity contribution in [1.29, 1.82) is 0 Å². The topological polar surface area (TPSA) is 37.3 Å². The van der Waals surface area contributed by atoms with E-state index in [4.69, 9.17) is 0 Å². The van der Waals surface area contributed by atoms with Crippen LogP contribution in [0.15, 0.2) is 42.0 Å². The molecule has 1 unspecified atom stereocenters. The second-order valence-corrected chi connectivity index (χ2v) is 4.51. The number of allylic oxidation sites excluding steroid dienone is 1. The SMILES string of the molecule is O=C1CCCC=C1C(O)CCc1ccccc1. The first-order valence-corrected chi connectivity index (χ1v) is 6.22. The lowest BCUT2D eigenvalue weighted by Gasteiger charge is -2.17. The van der Waals surface area contributed by atoms with Gasteiger partial charge >= 0.3 is 0 Å². The van der Waals surface area contributed by atoms with E-state index in [2.05, 4.69) is 0 Å². The summed E-state index contributed by atoms with van der Waals surface area (Å²) >= 11 is 0. The Bertz CT molecular complexity index is 406. The molecule has 0 aromatic heterocycles. The fourth-order valence-electron chi connectivity index (χ4n) is 2.20. The minimum Gasteiger partial charge on any atom is -0.388 e. The zero-order valence-electron chi connectivity index (χ0n) is 9.93. The van der Waals surface area contributed by atoms with Gasteiger partial charge in [-0.25, -0.2) is 0 Å². The van der Waals surface area contributed by atoms with Gasteiger partial charge in [-0.05, 0) is 31.2 Å². The predicted octanol–water partition coefficient (Wildman–Crippen LogP) is 2.66. The molecule has 0 fully saturated rings. The fourth-order valence-corrected chi connectivity index (χ4v) is 2.20. The highest BCUT2D eigenvalue weighted by atomic mass is 16.3. The molecule has 1 N–H and O–H groups in total. The average molecular weight is 230 g/mol.